The van der Waals surface area contributed by atoms with Gasteiger partial charge in [-0.2, -0.15) is 0 Å². The maximum atomic E-state index is 12.3. The standard InChI is InChI=1S/C27H36N4O3/c1-18-28-24(22-10-6-7-11-26(22)33-2)15-25(29-18)23-16-31-13-12-19(23)14-21(31)17-34-27(32)30-20-8-4-3-5-9-20/h6-7,10-11,15,19-21,23H,3-5,8-9,12-14,16-17H2,1-2H3,(H,30,32)/t19-,21+,23+/m0/s1. The number of nitrogens with zero attached hydrogens (tertiary/aromatic N) is 3. The Bertz CT molecular complexity index is 1010. The van der Waals surface area contributed by atoms with Crippen molar-refractivity contribution in [1.29, 1.82) is 0 Å². The first-order valence-corrected chi connectivity index (χ1v) is 12.8. The fraction of sp³-hybridized carbons (Fsp3) is 0.593. The second kappa shape index (κ2) is 10.3. The van der Waals surface area contributed by atoms with Crippen LogP contribution in [0.2, 0.25) is 0 Å². The molecule has 0 radical (unpaired) electrons. The molecule has 34 heavy (non-hydrogen) atoms. The highest BCUT2D eigenvalue weighted by molar-refractivity contribution is 5.68. The number of hydrogen-bond acceptors (Lipinski definition) is 6. The van der Waals surface area contributed by atoms with Gasteiger partial charge in [0.2, 0.25) is 0 Å². The van der Waals surface area contributed by atoms with Crippen molar-refractivity contribution >= 4 is 6.09 Å². The average Bonchev–Trinajstić information content (AvgIpc) is 2.88. The van der Waals surface area contributed by atoms with Crippen LogP contribution in [0.5, 0.6) is 5.75 Å². The number of fused-ring (bicyclic) bond motifs is 3. The van der Waals surface area contributed by atoms with Gasteiger partial charge < -0.3 is 14.8 Å². The molecule has 182 valence electrons. The number of ether oxygens (including phenoxy) is 2. The Morgan fingerprint density at radius 2 is 1.97 bits per heavy atom. The summed E-state index contributed by atoms with van der Waals surface area (Å²) in [5.41, 5.74) is 3.02. The molecule has 1 N–H and O–H groups in total. The van der Waals surface area contributed by atoms with Crippen molar-refractivity contribution in [2.75, 3.05) is 26.8 Å². The van der Waals surface area contributed by atoms with Gasteiger partial charge in [-0.3, -0.25) is 4.90 Å². The van der Waals surface area contributed by atoms with Crippen LogP contribution in [-0.4, -0.2) is 59.9 Å². The van der Waals surface area contributed by atoms with Crippen LogP contribution in [0.1, 0.15) is 62.4 Å². The number of aryl methyl sites for hydroxylation is 1. The number of amides is 1. The number of methoxy groups -OCH3 is 1. The van der Waals surface area contributed by atoms with Crippen molar-refractivity contribution in [2.24, 2.45) is 5.92 Å². The SMILES string of the molecule is COc1ccccc1-c1cc([C@@H]2CN3CC[C@H]2C[C@@H]3COC(=O)NC2CCCCC2)nc(C)n1. The van der Waals surface area contributed by atoms with Crippen LogP contribution in [0, 0.1) is 12.8 Å². The molecule has 3 aliphatic heterocycles. The zero-order valence-corrected chi connectivity index (χ0v) is 20.3. The molecular weight excluding hydrogens is 428 g/mol. The first-order valence-electron chi connectivity index (χ1n) is 12.8. The van der Waals surface area contributed by atoms with E-state index in [0.29, 0.717) is 24.5 Å². The predicted octanol–water partition coefficient (Wildman–Crippen LogP) is 4.70. The number of aromatic nitrogens is 2. The number of nitrogens with one attached hydrogen (secondary N) is 1. The molecule has 1 aromatic carbocycles. The van der Waals surface area contributed by atoms with E-state index in [1.54, 1.807) is 7.11 Å². The molecule has 2 aromatic rings. The molecule has 2 bridgehead atoms. The first-order chi connectivity index (χ1) is 16.6. The number of carbonyl (C=O) groups excluding carboxylic acids is 1. The van der Waals surface area contributed by atoms with Crippen molar-refractivity contribution in [3.63, 3.8) is 0 Å². The van der Waals surface area contributed by atoms with Gasteiger partial charge in [0.25, 0.3) is 0 Å². The van der Waals surface area contributed by atoms with Gasteiger partial charge >= 0.3 is 6.09 Å². The van der Waals surface area contributed by atoms with Crippen LogP contribution in [-0.2, 0) is 4.74 Å². The molecule has 4 fully saturated rings. The fourth-order valence-corrected chi connectivity index (χ4v) is 6.05. The van der Waals surface area contributed by atoms with Crippen LogP contribution in [0.4, 0.5) is 4.79 Å². The predicted molar refractivity (Wildman–Crippen MR) is 131 cm³/mol. The lowest BCUT2D eigenvalue weighted by molar-refractivity contribution is -0.00403. The molecule has 7 heteroatoms. The number of carbonyl (C=O) groups is 1. The molecule has 1 aliphatic carbocycles. The summed E-state index contributed by atoms with van der Waals surface area (Å²) in [5, 5.41) is 3.07. The minimum absolute atomic E-state index is 0.251. The van der Waals surface area contributed by atoms with E-state index in [1.807, 2.05) is 31.2 Å². The quantitative estimate of drug-likeness (QED) is 0.668. The van der Waals surface area contributed by atoms with Gasteiger partial charge in [0, 0.05) is 35.8 Å². The normalized spacial score (nSPS) is 26.8. The molecule has 1 aromatic heterocycles. The number of para-hydroxylation sites is 1. The van der Waals surface area contributed by atoms with E-state index >= 15 is 0 Å². The third-order valence-corrected chi connectivity index (χ3v) is 7.83. The zero-order valence-electron chi connectivity index (χ0n) is 20.3. The average molecular weight is 465 g/mol. The summed E-state index contributed by atoms with van der Waals surface area (Å²) < 4.78 is 11.2. The Morgan fingerprint density at radius 3 is 2.74 bits per heavy atom. The minimum atomic E-state index is -0.251. The van der Waals surface area contributed by atoms with E-state index in [0.717, 1.165) is 67.3 Å². The van der Waals surface area contributed by atoms with E-state index in [9.17, 15) is 4.79 Å². The minimum Gasteiger partial charge on any atom is -0.496 e. The largest absolute Gasteiger partial charge is 0.496 e. The van der Waals surface area contributed by atoms with Gasteiger partial charge in [-0.15, -0.1) is 0 Å². The summed E-state index contributed by atoms with van der Waals surface area (Å²) in [7, 11) is 1.69. The summed E-state index contributed by atoms with van der Waals surface area (Å²) in [6.45, 7) is 4.44. The lowest BCUT2D eigenvalue weighted by Crippen LogP contribution is -2.54. The highest BCUT2D eigenvalue weighted by Gasteiger charge is 2.42. The van der Waals surface area contributed by atoms with E-state index in [4.69, 9.17) is 19.4 Å². The number of hydrogen-bond donors (Lipinski definition) is 1. The van der Waals surface area contributed by atoms with Gasteiger partial charge in [0.1, 0.15) is 18.2 Å². The monoisotopic (exact) mass is 464 g/mol. The Labute approximate surface area is 202 Å². The Morgan fingerprint density at radius 1 is 1.15 bits per heavy atom. The molecule has 4 heterocycles. The molecular formula is C27H36N4O3. The highest BCUT2D eigenvalue weighted by Crippen LogP contribution is 2.42. The van der Waals surface area contributed by atoms with Crippen molar-refractivity contribution < 1.29 is 14.3 Å². The second-order valence-electron chi connectivity index (χ2n) is 10.0. The Balaban J connectivity index is 1.24. The lowest BCUT2D eigenvalue weighted by Gasteiger charge is -2.49. The van der Waals surface area contributed by atoms with Gasteiger partial charge in [-0.25, -0.2) is 14.8 Å². The third-order valence-electron chi connectivity index (χ3n) is 7.83. The third kappa shape index (κ3) is 5.04. The Hall–Kier alpha value is -2.67. The first kappa shape index (κ1) is 23.1. The van der Waals surface area contributed by atoms with Crippen molar-refractivity contribution in [2.45, 2.75) is 69.9 Å². The summed E-state index contributed by atoms with van der Waals surface area (Å²) in [5.74, 6) is 2.52. The molecule has 1 saturated carbocycles. The van der Waals surface area contributed by atoms with Gasteiger partial charge in [0.15, 0.2) is 0 Å². The Kier molecular flexibility index (Phi) is 6.99. The number of rotatable bonds is 6. The van der Waals surface area contributed by atoms with E-state index < -0.39 is 0 Å². The molecule has 4 atom stereocenters. The molecule has 1 unspecified atom stereocenters. The van der Waals surface area contributed by atoms with Gasteiger partial charge in [0.05, 0.1) is 12.8 Å². The summed E-state index contributed by atoms with van der Waals surface area (Å²) in [6.07, 6.45) is 7.76. The van der Waals surface area contributed by atoms with Crippen molar-refractivity contribution in [3.8, 4) is 17.0 Å². The van der Waals surface area contributed by atoms with E-state index in [2.05, 4.69) is 16.3 Å². The van der Waals surface area contributed by atoms with Crippen molar-refractivity contribution in [1.82, 2.24) is 20.2 Å². The van der Waals surface area contributed by atoms with Crippen LogP contribution >= 0.6 is 0 Å². The van der Waals surface area contributed by atoms with Gasteiger partial charge in [-0.1, -0.05) is 31.4 Å². The number of piperidine rings is 3. The number of benzene rings is 1. The fourth-order valence-electron chi connectivity index (χ4n) is 6.05. The van der Waals surface area contributed by atoms with Gasteiger partial charge in [-0.05, 0) is 63.3 Å². The molecule has 7 nitrogen and oxygen atoms in total. The van der Waals surface area contributed by atoms with E-state index in [1.165, 1.54) is 19.3 Å². The van der Waals surface area contributed by atoms with Crippen LogP contribution in [0.15, 0.2) is 30.3 Å². The molecule has 0 spiro atoms. The molecule has 6 rings (SSSR count). The second-order valence-corrected chi connectivity index (χ2v) is 10.0. The van der Waals surface area contributed by atoms with Crippen LogP contribution in [0.3, 0.4) is 0 Å². The maximum Gasteiger partial charge on any atom is 0.407 e. The molecule has 4 aliphatic rings. The molecule has 1 amide bonds. The molecule has 3 saturated heterocycles. The highest BCUT2D eigenvalue weighted by atomic mass is 16.5. The lowest BCUT2D eigenvalue weighted by atomic mass is 9.74. The van der Waals surface area contributed by atoms with E-state index in [-0.39, 0.29) is 12.1 Å². The van der Waals surface area contributed by atoms with Crippen LogP contribution < -0.4 is 10.1 Å². The van der Waals surface area contributed by atoms with Crippen LogP contribution in [0.25, 0.3) is 11.3 Å². The smallest absolute Gasteiger partial charge is 0.407 e. The number of alkyl carbamates (subject to hydrolysis) is 1. The zero-order chi connectivity index (χ0) is 23.5. The summed E-state index contributed by atoms with van der Waals surface area (Å²) in [6, 6.07) is 10.7. The summed E-state index contributed by atoms with van der Waals surface area (Å²) in [4.78, 5) is 24.4. The maximum absolute atomic E-state index is 12.3. The topological polar surface area (TPSA) is 76.6 Å². The summed E-state index contributed by atoms with van der Waals surface area (Å²) >= 11 is 0. The van der Waals surface area contributed by atoms with Crippen molar-refractivity contribution in [3.05, 3.63) is 41.9 Å².